The van der Waals surface area contributed by atoms with E-state index in [2.05, 4.69) is 18.7 Å². The van der Waals surface area contributed by atoms with Gasteiger partial charge in [0.1, 0.15) is 5.82 Å². The Balaban J connectivity index is 2.24. The van der Waals surface area contributed by atoms with Crippen LogP contribution in [-0.4, -0.2) is 24.0 Å². The first-order chi connectivity index (χ1) is 9.13. The molecule has 2 rings (SSSR count). The third-order valence-corrected chi connectivity index (χ3v) is 4.31. The number of nitrogens with two attached hydrogens (primary N) is 1. The summed E-state index contributed by atoms with van der Waals surface area (Å²) in [4.78, 5) is 2.37. The standard InChI is InChI=1S/C16H25FN2/c1-3-15(18)16(13-6-4-5-7-14(13)17)19-10-8-12(2)9-11-19/h4-7,12,15-16H,3,8-11,18H2,1-2H3. The van der Waals surface area contributed by atoms with Gasteiger partial charge in [0.25, 0.3) is 0 Å². The molecule has 1 aliphatic heterocycles. The maximum atomic E-state index is 14.1. The first kappa shape index (κ1) is 14.5. The zero-order valence-electron chi connectivity index (χ0n) is 12.0. The lowest BCUT2D eigenvalue weighted by atomic mass is 9.91. The van der Waals surface area contributed by atoms with Gasteiger partial charge in [0, 0.05) is 11.6 Å². The summed E-state index contributed by atoms with van der Waals surface area (Å²) >= 11 is 0. The number of likely N-dealkylation sites (tertiary alicyclic amines) is 1. The largest absolute Gasteiger partial charge is 0.326 e. The van der Waals surface area contributed by atoms with Gasteiger partial charge in [0.15, 0.2) is 0 Å². The van der Waals surface area contributed by atoms with E-state index < -0.39 is 0 Å². The average Bonchev–Trinajstić information content (AvgIpc) is 2.43. The molecule has 0 aliphatic carbocycles. The first-order valence-electron chi connectivity index (χ1n) is 7.37. The molecule has 1 fully saturated rings. The Labute approximate surface area is 115 Å². The minimum atomic E-state index is -0.130. The van der Waals surface area contributed by atoms with E-state index in [4.69, 9.17) is 5.73 Å². The third kappa shape index (κ3) is 3.34. The van der Waals surface area contributed by atoms with Crippen molar-refractivity contribution in [2.45, 2.75) is 45.2 Å². The molecule has 2 N–H and O–H groups in total. The summed E-state index contributed by atoms with van der Waals surface area (Å²) in [6.45, 7) is 6.40. The van der Waals surface area contributed by atoms with Gasteiger partial charge in [-0.15, -0.1) is 0 Å². The second-order valence-corrected chi connectivity index (χ2v) is 5.76. The average molecular weight is 264 g/mol. The highest BCUT2D eigenvalue weighted by Crippen LogP contribution is 2.31. The van der Waals surface area contributed by atoms with E-state index in [1.165, 1.54) is 18.9 Å². The van der Waals surface area contributed by atoms with E-state index in [1.807, 2.05) is 12.1 Å². The molecule has 1 aromatic rings. The van der Waals surface area contributed by atoms with Crippen LogP contribution in [0.25, 0.3) is 0 Å². The van der Waals surface area contributed by atoms with Crippen molar-refractivity contribution in [3.05, 3.63) is 35.6 Å². The number of halogens is 1. The third-order valence-electron chi connectivity index (χ3n) is 4.31. The number of piperidine rings is 1. The molecule has 3 heteroatoms. The second kappa shape index (κ2) is 6.49. The lowest BCUT2D eigenvalue weighted by molar-refractivity contribution is 0.116. The Kier molecular flexibility index (Phi) is 4.94. The Morgan fingerprint density at radius 3 is 2.53 bits per heavy atom. The summed E-state index contributed by atoms with van der Waals surface area (Å²) in [5.41, 5.74) is 7.03. The highest BCUT2D eigenvalue weighted by Gasteiger charge is 2.30. The van der Waals surface area contributed by atoms with E-state index in [0.29, 0.717) is 0 Å². The predicted octanol–water partition coefficient (Wildman–Crippen LogP) is 3.34. The highest BCUT2D eigenvalue weighted by atomic mass is 19.1. The van der Waals surface area contributed by atoms with Gasteiger partial charge < -0.3 is 5.73 Å². The van der Waals surface area contributed by atoms with Crippen LogP contribution in [0.3, 0.4) is 0 Å². The maximum absolute atomic E-state index is 14.1. The molecule has 106 valence electrons. The zero-order chi connectivity index (χ0) is 13.8. The van der Waals surface area contributed by atoms with Gasteiger partial charge in [0.2, 0.25) is 0 Å². The number of nitrogens with zero attached hydrogens (tertiary/aromatic N) is 1. The van der Waals surface area contributed by atoms with Crippen LogP contribution in [-0.2, 0) is 0 Å². The minimum Gasteiger partial charge on any atom is -0.326 e. The van der Waals surface area contributed by atoms with Crippen molar-refractivity contribution in [2.75, 3.05) is 13.1 Å². The van der Waals surface area contributed by atoms with Gasteiger partial charge in [-0.25, -0.2) is 4.39 Å². The molecule has 2 unspecified atom stereocenters. The Morgan fingerprint density at radius 2 is 1.95 bits per heavy atom. The van der Waals surface area contributed by atoms with Gasteiger partial charge in [-0.05, 0) is 44.3 Å². The Hall–Kier alpha value is -0.930. The van der Waals surface area contributed by atoms with E-state index in [0.717, 1.165) is 31.0 Å². The van der Waals surface area contributed by atoms with Gasteiger partial charge in [-0.1, -0.05) is 32.0 Å². The Bertz CT molecular complexity index is 399. The van der Waals surface area contributed by atoms with Crippen molar-refractivity contribution in [1.29, 1.82) is 0 Å². The number of hydrogen-bond acceptors (Lipinski definition) is 2. The lowest BCUT2D eigenvalue weighted by Crippen LogP contribution is -2.44. The van der Waals surface area contributed by atoms with Crippen LogP contribution in [0.15, 0.2) is 24.3 Å². The van der Waals surface area contributed by atoms with Crippen molar-refractivity contribution in [3.8, 4) is 0 Å². The SMILES string of the molecule is CCC(N)C(c1ccccc1F)N1CCC(C)CC1. The van der Waals surface area contributed by atoms with Crippen LogP contribution in [0.5, 0.6) is 0 Å². The minimum absolute atomic E-state index is 0.00898. The van der Waals surface area contributed by atoms with Crippen LogP contribution >= 0.6 is 0 Å². The fourth-order valence-electron chi connectivity index (χ4n) is 2.94. The fourth-order valence-corrected chi connectivity index (χ4v) is 2.94. The van der Waals surface area contributed by atoms with Gasteiger partial charge in [0.05, 0.1) is 6.04 Å². The van der Waals surface area contributed by atoms with Gasteiger partial charge in [-0.2, -0.15) is 0 Å². The summed E-state index contributed by atoms with van der Waals surface area (Å²) in [6.07, 6.45) is 3.23. The van der Waals surface area contributed by atoms with E-state index in [9.17, 15) is 4.39 Å². The van der Waals surface area contributed by atoms with Crippen molar-refractivity contribution >= 4 is 0 Å². The van der Waals surface area contributed by atoms with Crippen LogP contribution < -0.4 is 5.73 Å². The van der Waals surface area contributed by atoms with Crippen LogP contribution in [0, 0.1) is 11.7 Å². The summed E-state index contributed by atoms with van der Waals surface area (Å²) in [5, 5.41) is 0. The van der Waals surface area contributed by atoms with Crippen molar-refractivity contribution in [1.82, 2.24) is 4.90 Å². The molecule has 1 heterocycles. The lowest BCUT2D eigenvalue weighted by Gasteiger charge is -2.39. The monoisotopic (exact) mass is 264 g/mol. The maximum Gasteiger partial charge on any atom is 0.128 e. The van der Waals surface area contributed by atoms with Gasteiger partial charge in [-0.3, -0.25) is 4.90 Å². The molecule has 0 aromatic heterocycles. The number of benzene rings is 1. The summed E-state index contributed by atoms with van der Waals surface area (Å²) < 4.78 is 14.1. The van der Waals surface area contributed by atoms with Crippen molar-refractivity contribution in [3.63, 3.8) is 0 Å². The number of hydrogen-bond donors (Lipinski definition) is 1. The molecule has 1 saturated heterocycles. The second-order valence-electron chi connectivity index (χ2n) is 5.76. The van der Waals surface area contributed by atoms with E-state index in [-0.39, 0.29) is 17.9 Å². The molecule has 0 bridgehead atoms. The Morgan fingerprint density at radius 1 is 1.32 bits per heavy atom. The molecule has 2 nitrogen and oxygen atoms in total. The van der Waals surface area contributed by atoms with E-state index >= 15 is 0 Å². The van der Waals surface area contributed by atoms with Crippen molar-refractivity contribution < 1.29 is 4.39 Å². The molecule has 2 atom stereocenters. The van der Waals surface area contributed by atoms with Gasteiger partial charge >= 0.3 is 0 Å². The molecule has 0 radical (unpaired) electrons. The summed E-state index contributed by atoms with van der Waals surface area (Å²) in [7, 11) is 0. The smallest absolute Gasteiger partial charge is 0.128 e. The number of rotatable bonds is 4. The molecule has 0 saturated carbocycles. The first-order valence-corrected chi connectivity index (χ1v) is 7.37. The molecule has 0 amide bonds. The van der Waals surface area contributed by atoms with Crippen LogP contribution in [0.4, 0.5) is 4.39 Å². The predicted molar refractivity (Wildman–Crippen MR) is 77.4 cm³/mol. The van der Waals surface area contributed by atoms with Crippen LogP contribution in [0.2, 0.25) is 0 Å². The molecule has 0 spiro atoms. The van der Waals surface area contributed by atoms with E-state index in [1.54, 1.807) is 6.07 Å². The fraction of sp³-hybridized carbons (Fsp3) is 0.625. The molecular formula is C16H25FN2. The quantitative estimate of drug-likeness (QED) is 0.903. The molecule has 1 aromatic carbocycles. The highest BCUT2D eigenvalue weighted by molar-refractivity contribution is 5.23. The summed E-state index contributed by atoms with van der Waals surface area (Å²) in [6, 6.07) is 7.07. The van der Waals surface area contributed by atoms with Crippen molar-refractivity contribution in [2.24, 2.45) is 11.7 Å². The molecular weight excluding hydrogens is 239 g/mol. The van der Waals surface area contributed by atoms with Crippen LogP contribution in [0.1, 0.15) is 44.7 Å². The molecule has 1 aliphatic rings. The normalized spacial score (nSPS) is 21.3. The topological polar surface area (TPSA) is 29.3 Å². The molecule has 19 heavy (non-hydrogen) atoms. The zero-order valence-corrected chi connectivity index (χ0v) is 12.0. The summed E-state index contributed by atoms with van der Waals surface area (Å²) in [5.74, 6) is 0.644.